The molecule has 256 valence electrons. The van der Waals surface area contributed by atoms with Gasteiger partial charge in [-0.05, 0) is 107 Å². The second kappa shape index (κ2) is 11.5. The highest BCUT2D eigenvalue weighted by Crippen LogP contribution is 2.58. The molecular weight excluding hydrogens is 665 g/mol. The Morgan fingerprint density at radius 3 is 1.87 bits per heavy atom. The number of hydrogen-bond donors (Lipinski definition) is 0. The minimum absolute atomic E-state index is 0.188. The minimum Gasteiger partial charge on any atom is -0.456 e. The molecule has 0 bridgehead atoms. The van der Waals surface area contributed by atoms with E-state index in [9.17, 15) is 0 Å². The first-order valence-electron chi connectivity index (χ1n) is 19.2. The van der Waals surface area contributed by atoms with Crippen LogP contribution in [0.25, 0.3) is 66.1 Å². The quantitative estimate of drug-likeness (QED) is 0.178. The molecule has 0 saturated heterocycles. The van der Waals surface area contributed by atoms with Gasteiger partial charge in [0, 0.05) is 16.7 Å². The average Bonchev–Trinajstić information content (AvgIpc) is 3.89. The second-order valence-electron chi connectivity index (χ2n) is 15.1. The summed E-state index contributed by atoms with van der Waals surface area (Å²) in [6.07, 6.45) is 0. The topological polar surface area (TPSA) is 13.1 Å². The van der Waals surface area contributed by atoms with Crippen molar-refractivity contribution < 1.29 is 4.42 Å². The summed E-state index contributed by atoms with van der Waals surface area (Å²) in [6.45, 7) is 0. The van der Waals surface area contributed by atoms with Gasteiger partial charge < -0.3 is 4.42 Å². The Kier molecular flexibility index (Phi) is 6.39. The third-order valence-electron chi connectivity index (χ3n) is 12.4. The minimum atomic E-state index is -0.473. The van der Waals surface area contributed by atoms with Crippen LogP contribution in [0.1, 0.15) is 44.9 Å². The predicted octanol–water partition coefficient (Wildman–Crippen LogP) is 13.9. The molecule has 0 N–H and O–H groups in total. The Hall–Kier alpha value is -6.96. The zero-order valence-corrected chi connectivity index (χ0v) is 30.0. The summed E-state index contributed by atoms with van der Waals surface area (Å²) in [7, 11) is 0. The van der Waals surface area contributed by atoms with Crippen molar-refractivity contribution in [2.75, 3.05) is 0 Å². The van der Waals surface area contributed by atoms with E-state index in [1.807, 2.05) is 0 Å². The molecule has 1 unspecified atom stereocenters. The molecule has 0 aliphatic heterocycles. The molecule has 2 aliphatic carbocycles. The van der Waals surface area contributed by atoms with Crippen molar-refractivity contribution >= 4 is 32.7 Å². The van der Waals surface area contributed by atoms with Gasteiger partial charge in [0.2, 0.25) is 0 Å². The highest BCUT2D eigenvalue weighted by Gasteiger charge is 2.46. The lowest BCUT2D eigenvalue weighted by atomic mass is 9.67. The normalized spacial score (nSPS) is 14.9. The molecule has 12 rings (SSSR count). The van der Waals surface area contributed by atoms with Gasteiger partial charge >= 0.3 is 0 Å². The van der Waals surface area contributed by atoms with E-state index < -0.39 is 5.41 Å². The maximum absolute atomic E-state index is 6.86. The number of benzene rings is 9. The van der Waals surface area contributed by atoms with E-state index in [1.165, 1.54) is 83.1 Å². The summed E-state index contributed by atoms with van der Waals surface area (Å²) in [5.41, 5.74) is 18.0. The summed E-state index contributed by atoms with van der Waals surface area (Å²) < 4.78 is 6.86. The van der Waals surface area contributed by atoms with Crippen molar-refractivity contribution in [2.45, 2.75) is 11.3 Å². The van der Waals surface area contributed by atoms with Gasteiger partial charge in [-0.15, -0.1) is 0 Å². The van der Waals surface area contributed by atoms with Gasteiger partial charge in [-0.25, -0.2) is 0 Å². The fraction of sp³-hybridized carbons (Fsp3) is 0.0370. The van der Waals surface area contributed by atoms with Crippen molar-refractivity contribution in [3.8, 4) is 33.4 Å². The number of hydrogen-bond acceptors (Lipinski definition) is 1. The molecule has 0 radical (unpaired) electrons. The summed E-state index contributed by atoms with van der Waals surface area (Å²) in [5.74, 6) is 0.188. The molecule has 55 heavy (non-hydrogen) atoms. The maximum atomic E-state index is 6.86. The van der Waals surface area contributed by atoms with Crippen molar-refractivity contribution in [1.29, 1.82) is 0 Å². The second-order valence-corrected chi connectivity index (χ2v) is 15.1. The summed E-state index contributed by atoms with van der Waals surface area (Å²) in [4.78, 5) is 0. The highest BCUT2D eigenvalue weighted by molar-refractivity contribution is 6.14. The van der Waals surface area contributed by atoms with E-state index in [0.29, 0.717) is 0 Å². The molecule has 1 atom stereocenters. The first kappa shape index (κ1) is 30.5. The van der Waals surface area contributed by atoms with E-state index in [0.717, 1.165) is 21.9 Å². The van der Waals surface area contributed by atoms with Gasteiger partial charge in [0.05, 0.1) is 5.41 Å². The molecule has 9 aromatic carbocycles. The van der Waals surface area contributed by atoms with Gasteiger partial charge in [-0.3, -0.25) is 0 Å². The third-order valence-corrected chi connectivity index (χ3v) is 12.4. The lowest BCUT2D eigenvalue weighted by molar-refractivity contribution is 0.666. The van der Waals surface area contributed by atoms with Crippen molar-refractivity contribution in [3.63, 3.8) is 0 Å². The molecule has 1 heterocycles. The van der Waals surface area contributed by atoms with Crippen LogP contribution in [-0.4, -0.2) is 0 Å². The fourth-order valence-electron chi connectivity index (χ4n) is 10.1. The van der Waals surface area contributed by atoms with Gasteiger partial charge in [0.15, 0.2) is 0 Å². The maximum Gasteiger partial charge on any atom is 0.136 e. The molecule has 1 heteroatoms. The molecule has 0 fully saturated rings. The first-order valence-corrected chi connectivity index (χ1v) is 19.2. The number of furan rings is 1. The van der Waals surface area contributed by atoms with Crippen molar-refractivity contribution in [1.82, 2.24) is 0 Å². The average molecular weight is 699 g/mol. The Bertz CT molecular complexity index is 3110. The Morgan fingerprint density at radius 2 is 1.05 bits per heavy atom. The molecule has 0 spiro atoms. The monoisotopic (exact) mass is 698 g/mol. The lowest BCUT2D eigenvalue weighted by Gasteiger charge is -2.33. The zero-order valence-electron chi connectivity index (χ0n) is 30.0. The highest BCUT2D eigenvalue weighted by atomic mass is 16.3. The summed E-state index contributed by atoms with van der Waals surface area (Å²) in [6, 6.07) is 73.8. The van der Waals surface area contributed by atoms with Gasteiger partial charge in [-0.2, -0.15) is 0 Å². The van der Waals surface area contributed by atoms with E-state index in [2.05, 4.69) is 200 Å². The Balaban J connectivity index is 1.07. The third kappa shape index (κ3) is 4.24. The van der Waals surface area contributed by atoms with Crippen LogP contribution in [0.5, 0.6) is 0 Å². The Labute approximate surface area is 319 Å². The van der Waals surface area contributed by atoms with Crippen LogP contribution in [0.3, 0.4) is 0 Å². The number of fused-ring (bicyclic) bond motifs is 10. The molecule has 1 nitrogen and oxygen atoms in total. The summed E-state index contributed by atoms with van der Waals surface area (Å²) >= 11 is 0. The Morgan fingerprint density at radius 1 is 0.382 bits per heavy atom. The molecule has 10 aromatic rings. The zero-order chi connectivity index (χ0) is 36.1. The fourth-order valence-corrected chi connectivity index (χ4v) is 10.1. The van der Waals surface area contributed by atoms with E-state index in [1.54, 1.807) is 0 Å². The summed E-state index contributed by atoms with van der Waals surface area (Å²) in [5, 5.41) is 4.85. The molecule has 0 amide bonds. The van der Waals surface area contributed by atoms with Crippen LogP contribution in [0.4, 0.5) is 0 Å². The molecule has 1 aromatic heterocycles. The predicted molar refractivity (Wildman–Crippen MR) is 227 cm³/mol. The smallest absolute Gasteiger partial charge is 0.136 e. The van der Waals surface area contributed by atoms with Gasteiger partial charge in [0.25, 0.3) is 0 Å². The van der Waals surface area contributed by atoms with Crippen LogP contribution in [0.2, 0.25) is 0 Å². The largest absolute Gasteiger partial charge is 0.456 e. The van der Waals surface area contributed by atoms with Gasteiger partial charge in [-0.1, -0.05) is 176 Å². The van der Waals surface area contributed by atoms with Crippen LogP contribution in [-0.2, 0) is 5.41 Å². The van der Waals surface area contributed by atoms with E-state index in [4.69, 9.17) is 4.42 Å². The first-order chi connectivity index (χ1) is 27.3. The molecule has 0 saturated carbocycles. The molecule has 2 aliphatic rings. The standard InChI is InChI=1S/C54H34O/c1-3-16-38(17-4-1)54(39-18-5-2-6-19-39)48-24-12-11-21-42(48)46-32-47-51(33-49(46)54)55-50-25-13-23-40(53(47)50)36-28-29-44-45(31-36)41-20-9-10-22-43(41)52(44)37-27-26-34-14-7-8-15-35(34)30-37/h1-33,52H. The molecular formula is C54H34O. The van der Waals surface area contributed by atoms with E-state index >= 15 is 0 Å². The van der Waals surface area contributed by atoms with Crippen molar-refractivity contribution in [3.05, 3.63) is 239 Å². The number of rotatable bonds is 4. The van der Waals surface area contributed by atoms with E-state index in [-0.39, 0.29) is 5.92 Å². The van der Waals surface area contributed by atoms with Gasteiger partial charge in [0.1, 0.15) is 11.2 Å². The van der Waals surface area contributed by atoms with Crippen molar-refractivity contribution in [2.24, 2.45) is 0 Å². The van der Waals surface area contributed by atoms with Crippen LogP contribution in [0, 0.1) is 0 Å². The van der Waals surface area contributed by atoms with Crippen LogP contribution < -0.4 is 0 Å². The lowest BCUT2D eigenvalue weighted by Crippen LogP contribution is -2.28. The SMILES string of the molecule is c1ccc(C2(c3ccccc3)c3ccccc3-c3cc4c(cc32)oc2cccc(-c3ccc5c(c3)-c3ccccc3C5c3ccc5ccccc5c3)c24)cc1. The van der Waals surface area contributed by atoms with Crippen LogP contribution >= 0.6 is 0 Å². The van der Waals surface area contributed by atoms with Crippen LogP contribution in [0.15, 0.2) is 205 Å².